The molecule has 0 radical (unpaired) electrons. The molecule has 3 aromatic rings. The Labute approximate surface area is 223 Å². The van der Waals surface area contributed by atoms with Gasteiger partial charge in [-0.3, -0.25) is 9.59 Å². The first kappa shape index (κ1) is 26.7. The number of rotatable bonds is 5. The lowest BCUT2D eigenvalue weighted by Gasteiger charge is -2.22. The predicted molar refractivity (Wildman–Crippen MR) is 145 cm³/mol. The van der Waals surface area contributed by atoms with Crippen molar-refractivity contribution in [2.45, 2.75) is 38.8 Å². The molecule has 0 aliphatic carbocycles. The first-order valence-corrected chi connectivity index (χ1v) is 13.0. The first-order valence-electron chi connectivity index (χ1n) is 12.6. The fourth-order valence-electron chi connectivity index (χ4n) is 4.64. The zero-order chi connectivity index (χ0) is 26.2. The molecule has 194 valence electrons. The lowest BCUT2D eigenvalue weighted by molar-refractivity contribution is -0.137. The molecule has 37 heavy (non-hydrogen) atoms. The van der Waals surface area contributed by atoms with Crippen LogP contribution in [-0.4, -0.2) is 53.5 Å². The molecular formula is C30H33ClN2O4. The molecule has 7 heteroatoms. The highest BCUT2D eigenvalue weighted by molar-refractivity contribution is 6.30. The molecular weight excluding hydrogens is 488 g/mol. The molecule has 1 aliphatic heterocycles. The van der Waals surface area contributed by atoms with Crippen molar-refractivity contribution in [1.82, 2.24) is 9.80 Å². The Hall–Kier alpha value is -3.35. The Balaban J connectivity index is 1.63. The Kier molecular flexibility index (Phi) is 9.20. The second-order valence-corrected chi connectivity index (χ2v) is 10.1. The van der Waals surface area contributed by atoms with Crippen molar-refractivity contribution in [3.05, 3.63) is 99.6 Å². The van der Waals surface area contributed by atoms with E-state index in [4.69, 9.17) is 16.3 Å². The van der Waals surface area contributed by atoms with Gasteiger partial charge in [0.15, 0.2) is 0 Å². The van der Waals surface area contributed by atoms with E-state index in [0.717, 1.165) is 54.8 Å². The van der Waals surface area contributed by atoms with Crippen LogP contribution in [0.15, 0.2) is 66.7 Å². The number of fused-ring (bicyclic) bond motifs is 3. The van der Waals surface area contributed by atoms with Crippen molar-refractivity contribution in [2.75, 3.05) is 26.7 Å². The summed E-state index contributed by atoms with van der Waals surface area (Å²) in [6.45, 7) is 2.33. The third-order valence-electron chi connectivity index (χ3n) is 6.49. The average Bonchev–Trinajstić information content (AvgIpc) is 2.87. The van der Waals surface area contributed by atoms with E-state index in [1.54, 1.807) is 30.3 Å². The molecule has 1 heterocycles. The van der Waals surface area contributed by atoms with Crippen molar-refractivity contribution in [2.24, 2.45) is 0 Å². The third kappa shape index (κ3) is 7.81. The van der Waals surface area contributed by atoms with E-state index in [1.165, 1.54) is 10.5 Å². The van der Waals surface area contributed by atoms with Gasteiger partial charge in [0.2, 0.25) is 0 Å². The van der Waals surface area contributed by atoms with Crippen LogP contribution in [0.25, 0.3) is 0 Å². The average molecular weight is 521 g/mol. The minimum absolute atomic E-state index is 0.172. The minimum atomic E-state index is -1.06. The number of halogens is 1. The van der Waals surface area contributed by atoms with Crippen LogP contribution in [-0.2, 0) is 24.3 Å². The van der Waals surface area contributed by atoms with Crippen molar-refractivity contribution in [1.29, 1.82) is 0 Å². The SMILES string of the molecule is CN1CCCCCOc2ccc(C(=O)N(CC(=O)O)Cc3ccc(Cl)cc3)cc2Cc2cccc(c2)C1. The Morgan fingerprint density at radius 2 is 1.78 bits per heavy atom. The number of hydrogen-bond donors (Lipinski definition) is 1. The van der Waals surface area contributed by atoms with Crippen molar-refractivity contribution in [3.8, 4) is 5.75 Å². The summed E-state index contributed by atoms with van der Waals surface area (Å²) in [4.78, 5) is 28.8. The van der Waals surface area contributed by atoms with Crippen molar-refractivity contribution in [3.63, 3.8) is 0 Å². The van der Waals surface area contributed by atoms with E-state index < -0.39 is 12.5 Å². The van der Waals surface area contributed by atoms with Gasteiger partial charge in [0.25, 0.3) is 5.91 Å². The third-order valence-corrected chi connectivity index (χ3v) is 6.74. The van der Waals surface area contributed by atoms with E-state index in [0.29, 0.717) is 23.6 Å². The number of carbonyl (C=O) groups excluding carboxylic acids is 1. The van der Waals surface area contributed by atoms with Crippen LogP contribution in [0, 0.1) is 0 Å². The maximum absolute atomic E-state index is 13.5. The Bertz CT molecular complexity index is 1230. The van der Waals surface area contributed by atoms with Gasteiger partial charge >= 0.3 is 5.97 Å². The van der Waals surface area contributed by atoms with Crippen molar-refractivity contribution < 1.29 is 19.4 Å². The number of carbonyl (C=O) groups is 2. The predicted octanol–water partition coefficient (Wildman–Crippen LogP) is 5.65. The normalized spacial score (nSPS) is 14.6. The molecule has 6 nitrogen and oxygen atoms in total. The topological polar surface area (TPSA) is 70.1 Å². The maximum Gasteiger partial charge on any atom is 0.323 e. The molecule has 0 unspecified atom stereocenters. The van der Waals surface area contributed by atoms with Gasteiger partial charge in [-0.05, 0) is 85.4 Å². The van der Waals surface area contributed by atoms with Gasteiger partial charge in [0, 0.05) is 30.1 Å². The highest BCUT2D eigenvalue weighted by Gasteiger charge is 2.21. The monoisotopic (exact) mass is 520 g/mol. The number of nitrogens with zero attached hydrogens (tertiary/aromatic N) is 2. The first-order chi connectivity index (χ1) is 17.9. The van der Waals surface area contributed by atoms with Crippen LogP contribution in [0.4, 0.5) is 0 Å². The summed E-state index contributed by atoms with van der Waals surface area (Å²) in [5.41, 5.74) is 4.55. The van der Waals surface area contributed by atoms with E-state index in [2.05, 4.69) is 36.2 Å². The molecule has 0 spiro atoms. The van der Waals surface area contributed by atoms with Crippen LogP contribution >= 0.6 is 11.6 Å². The van der Waals surface area contributed by atoms with Crippen LogP contribution < -0.4 is 4.74 Å². The molecule has 4 rings (SSSR count). The zero-order valence-electron chi connectivity index (χ0n) is 21.2. The molecule has 0 saturated heterocycles. The second-order valence-electron chi connectivity index (χ2n) is 9.65. The van der Waals surface area contributed by atoms with Gasteiger partial charge in [-0.2, -0.15) is 0 Å². The Morgan fingerprint density at radius 1 is 1.00 bits per heavy atom. The van der Waals surface area contributed by atoms with Crippen molar-refractivity contribution >= 4 is 23.5 Å². The van der Waals surface area contributed by atoms with E-state index in [1.807, 2.05) is 12.1 Å². The van der Waals surface area contributed by atoms with Gasteiger partial charge in [-0.15, -0.1) is 0 Å². The molecule has 0 atom stereocenters. The number of carboxylic acid groups (broad SMARTS) is 1. The summed E-state index contributed by atoms with van der Waals surface area (Å²) in [5, 5.41) is 10.1. The molecule has 1 N–H and O–H groups in total. The molecule has 0 fully saturated rings. The standard InChI is InChI=1S/C30H33ClN2O4/c1-32-14-3-2-4-15-37-28-13-10-25(18-26(28)17-23-6-5-7-24(16-23)19-32)30(36)33(21-29(34)35)20-22-8-11-27(31)12-9-22/h5-13,16,18H,2-4,14-15,17,19-21H2,1H3,(H,34,35). The lowest BCUT2D eigenvalue weighted by Crippen LogP contribution is -2.35. The summed E-state index contributed by atoms with van der Waals surface area (Å²) in [6, 6.07) is 21.0. The molecule has 0 saturated carbocycles. The molecule has 0 aromatic heterocycles. The number of hydrogen-bond acceptors (Lipinski definition) is 4. The number of amides is 1. The number of ether oxygens (including phenoxy) is 1. The second kappa shape index (κ2) is 12.7. The number of aliphatic carboxylic acids is 1. The largest absolute Gasteiger partial charge is 0.493 e. The van der Waals surface area contributed by atoms with E-state index in [9.17, 15) is 14.7 Å². The fraction of sp³-hybridized carbons (Fsp3) is 0.333. The van der Waals surface area contributed by atoms with Gasteiger partial charge in [0.1, 0.15) is 12.3 Å². The van der Waals surface area contributed by atoms with Gasteiger partial charge in [0.05, 0.1) is 6.61 Å². The summed E-state index contributed by atoms with van der Waals surface area (Å²) in [5.74, 6) is -0.640. The zero-order valence-corrected chi connectivity index (χ0v) is 21.9. The highest BCUT2D eigenvalue weighted by atomic mass is 35.5. The summed E-state index contributed by atoms with van der Waals surface area (Å²) < 4.78 is 6.15. The van der Waals surface area contributed by atoms with Crippen LogP contribution in [0.3, 0.4) is 0 Å². The minimum Gasteiger partial charge on any atom is -0.493 e. The maximum atomic E-state index is 13.5. The van der Waals surface area contributed by atoms with E-state index >= 15 is 0 Å². The fourth-order valence-corrected chi connectivity index (χ4v) is 4.76. The quantitative estimate of drug-likeness (QED) is 0.470. The summed E-state index contributed by atoms with van der Waals surface area (Å²) in [7, 11) is 2.15. The summed E-state index contributed by atoms with van der Waals surface area (Å²) >= 11 is 5.98. The number of carboxylic acids is 1. The molecule has 1 aliphatic rings. The van der Waals surface area contributed by atoms with Gasteiger partial charge in [-0.1, -0.05) is 48.0 Å². The van der Waals surface area contributed by atoms with Crippen LogP contribution in [0.2, 0.25) is 5.02 Å². The van der Waals surface area contributed by atoms with Gasteiger partial charge in [-0.25, -0.2) is 0 Å². The summed E-state index contributed by atoms with van der Waals surface area (Å²) in [6.07, 6.45) is 3.79. The van der Waals surface area contributed by atoms with Crippen LogP contribution in [0.5, 0.6) is 5.75 Å². The van der Waals surface area contributed by atoms with Gasteiger partial charge < -0.3 is 19.6 Å². The molecule has 2 bridgehead atoms. The number of benzene rings is 3. The van der Waals surface area contributed by atoms with E-state index in [-0.39, 0.29) is 12.5 Å². The highest BCUT2D eigenvalue weighted by Crippen LogP contribution is 2.26. The molecule has 1 amide bonds. The molecule has 3 aromatic carbocycles. The van der Waals surface area contributed by atoms with Crippen LogP contribution in [0.1, 0.15) is 51.9 Å². The Morgan fingerprint density at radius 3 is 2.57 bits per heavy atom. The lowest BCUT2D eigenvalue weighted by atomic mass is 9.99. The smallest absolute Gasteiger partial charge is 0.323 e.